The van der Waals surface area contributed by atoms with Crippen molar-refractivity contribution in [3.05, 3.63) is 101 Å². The summed E-state index contributed by atoms with van der Waals surface area (Å²) in [6.45, 7) is 3.99. The van der Waals surface area contributed by atoms with E-state index in [0.29, 0.717) is 40.3 Å². The molecule has 9 nitrogen and oxygen atoms in total. The number of alkyl halides is 3. The fourth-order valence-corrected chi connectivity index (χ4v) is 3.68. The van der Waals surface area contributed by atoms with Crippen molar-refractivity contribution in [1.29, 1.82) is 0 Å². The largest absolute Gasteiger partial charge is 0.489 e. The number of amides is 1. The fraction of sp³-hybridized carbons (Fsp3) is 0.267. The first-order valence-corrected chi connectivity index (χ1v) is 12.9. The number of nitrogens with one attached hydrogen (secondary N) is 1. The van der Waals surface area contributed by atoms with E-state index in [1.165, 1.54) is 32.5 Å². The zero-order valence-corrected chi connectivity index (χ0v) is 23.5. The number of carbonyl (C=O) groups excluding carboxylic acids is 1. The second-order valence-electron chi connectivity index (χ2n) is 8.67. The lowest BCUT2D eigenvalue weighted by Gasteiger charge is -2.15. The number of benzene rings is 3. The van der Waals surface area contributed by atoms with Crippen LogP contribution in [-0.4, -0.2) is 44.3 Å². The van der Waals surface area contributed by atoms with Gasteiger partial charge in [-0.1, -0.05) is 51.9 Å². The molecule has 12 heteroatoms. The van der Waals surface area contributed by atoms with E-state index in [1.807, 2.05) is 0 Å². The van der Waals surface area contributed by atoms with Crippen LogP contribution < -0.4 is 10.1 Å². The van der Waals surface area contributed by atoms with Crippen molar-refractivity contribution in [1.82, 2.24) is 5.32 Å². The van der Waals surface area contributed by atoms with Gasteiger partial charge in [-0.2, -0.15) is 13.2 Å². The van der Waals surface area contributed by atoms with Crippen LogP contribution in [0.1, 0.15) is 47.8 Å². The number of nitrogens with zero attached hydrogens (tertiary/aromatic N) is 3. The Bertz CT molecular complexity index is 1410. The first kappa shape index (κ1) is 31.7. The molecule has 42 heavy (non-hydrogen) atoms. The Labute approximate surface area is 241 Å². The van der Waals surface area contributed by atoms with E-state index >= 15 is 0 Å². The van der Waals surface area contributed by atoms with E-state index in [-0.39, 0.29) is 12.3 Å². The maximum Gasteiger partial charge on any atom is 0.416 e. The van der Waals surface area contributed by atoms with Gasteiger partial charge in [0.25, 0.3) is 5.91 Å². The van der Waals surface area contributed by atoms with Crippen LogP contribution in [0.4, 0.5) is 13.2 Å². The molecule has 0 aromatic heterocycles. The Morgan fingerprint density at radius 2 is 1.69 bits per heavy atom. The summed E-state index contributed by atoms with van der Waals surface area (Å²) in [4.78, 5) is 28.1. The number of rotatable bonds is 13. The first-order chi connectivity index (χ1) is 20.2. The number of hydrogen-bond donors (Lipinski definition) is 1. The molecule has 222 valence electrons. The molecular formula is C30H31F3N4O5. The predicted octanol–water partition coefficient (Wildman–Crippen LogP) is 5.89. The van der Waals surface area contributed by atoms with Gasteiger partial charge < -0.3 is 24.6 Å². The van der Waals surface area contributed by atoms with Crippen molar-refractivity contribution >= 4 is 23.5 Å². The molecule has 0 saturated carbocycles. The summed E-state index contributed by atoms with van der Waals surface area (Å²) in [5.74, 6) is 0.0930. The van der Waals surface area contributed by atoms with Crippen LogP contribution >= 0.6 is 0 Å². The molecule has 0 saturated heterocycles. The number of halogens is 3. The maximum absolute atomic E-state index is 12.8. The van der Waals surface area contributed by atoms with Gasteiger partial charge in [0.05, 0.1) is 11.8 Å². The highest BCUT2D eigenvalue weighted by atomic mass is 19.4. The average molecular weight is 585 g/mol. The molecule has 0 heterocycles. The molecule has 0 aliphatic carbocycles. The molecule has 1 N–H and O–H groups in total. The Morgan fingerprint density at radius 1 is 1.00 bits per heavy atom. The van der Waals surface area contributed by atoms with E-state index in [1.54, 1.807) is 62.4 Å². The predicted molar refractivity (Wildman–Crippen MR) is 152 cm³/mol. The van der Waals surface area contributed by atoms with Crippen LogP contribution in [0.25, 0.3) is 0 Å². The van der Waals surface area contributed by atoms with Crippen LogP contribution in [0.15, 0.2) is 88.3 Å². The third-order valence-electron chi connectivity index (χ3n) is 5.80. The van der Waals surface area contributed by atoms with Gasteiger partial charge in [0, 0.05) is 23.7 Å². The summed E-state index contributed by atoms with van der Waals surface area (Å²) in [5, 5.41) is 14.6. The molecule has 3 aromatic rings. The third kappa shape index (κ3) is 8.82. The second kappa shape index (κ2) is 15.2. The molecule has 1 unspecified atom stereocenters. The fourth-order valence-electron chi connectivity index (χ4n) is 3.68. The van der Waals surface area contributed by atoms with Crippen molar-refractivity contribution in [3.63, 3.8) is 0 Å². The van der Waals surface area contributed by atoms with Crippen LogP contribution in [0.3, 0.4) is 0 Å². The summed E-state index contributed by atoms with van der Waals surface area (Å²) in [5.41, 5.74) is 2.19. The summed E-state index contributed by atoms with van der Waals surface area (Å²) in [6.07, 6.45) is -3.56. The molecule has 1 atom stereocenters. The standard InChI is InChI=1S/C30H31F3N4O5/c1-5-41-36-27(18-35-42-20(2)25-8-6-7-9-26(25)28(37-39-4)29(38)34-3)22-12-16-24(17-13-22)40-19-21-10-14-23(15-11-21)30(31,32)33/h6-18,20H,5,19H2,1-4H3,(H,34,38). The first-order valence-electron chi connectivity index (χ1n) is 12.9. The van der Waals surface area contributed by atoms with Crippen molar-refractivity contribution in [2.45, 2.75) is 32.7 Å². The van der Waals surface area contributed by atoms with E-state index in [0.717, 1.165) is 12.1 Å². The summed E-state index contributed by atoms with van der Waals surface area (Å²) >= 11 is 0. The smallest absolute Gasteiger partial charge is 0.416 e. The Morgan fingerprint density at radius 3 is 2.31 bits per heavy atom. The third-order valence-corrected chi connectivity index (χ3v) is 5.80. The molecule has 0 spiro atoms. The molecule has 0 aliphatic heterocycles. The lowest BCUT2D eigenvalue weighted by molar-refractivity contribution is -0.137. The molecule has 0 fully saturated rings. The molecule has 0 aliphatic rings. The molecule has 1 amide bonds. The number of likely N-dealkylation sites (N-methyl/N-ethyl adjacent to an activating group) is 1. The topological polar surface area (TPSA) is 103 Å². The van der Waals surface area contributed by atoms with Crippen LogP contribution in [0, 0.1) is 0 Å². The van der Waals surface area contributed by atoms with Crippen LogP contribution in [-0.2, 0) is 32.1 Å². The van der Waals surface area contributed by atoms with Crippen molar-refractivity contribution in [3.8, 4) is 5.75 Å². The Balaban J connectivity index is 1.70. The number of carbonyl (C=O) groups is 1. The number of ether oxygens (including phenoxy) is 1. The van der Waals surface area contributed by atoms with E-state index in [9.17, 15) is 18.0 Å². The van der Waals surface area contributed by atoms with E-state index in [4.69, 9.17) is 19.2 Å². The van der Waals surface area contributed by atoms with Gasteiger partial charge in [0.15, 0.2) is 5.71 Å². The van der Waals surface area contributed by atoms with Crippen LogP contribution in [0.5, 0.6) is 5.75 Å². The highest BCUT2D eigenvalue weighted by Crippen LogP contribution is 2.29. The highest BCUT2D eigenvalue weighted by Gasteiger charge is 2.30. The zero-order valence-electron chi connectivity index (χ0n) is 23.5. The van der Waals surface area contributed by atoms with Crippen LogP contribution in [0.2, 0.25) is 0 Å². The van der Waals surface area contributed by atoms with Gasteiger partial charge in [-0.15, -0.1) is 0 Å². The van der Waals surface area contributed by atoms with E-state index < -0.39 is 23.8 Å². The van der Waals surface area contributed by atoms with Gasteiger partial charge in [0.1, 0.15) is 37.9 Å². The van der Waals surface area contributed by atoms with Gasteiger partial charge >= 0.3 is 6.18 Å². The monoisotopic (exact) mass is 584 g/mol. The van der Waals surface area contributed by atoms with Crippen molar-refractivity contribution in [2.75, 3.05) is 20.8 Å². The van der Waals surface area contributed by atoms with Crippen molar-refractivity contribution in [2.24, 2.45) is 15.5 Å². The zero-order chi connectivity index (χ0) is 30.5. The molecule has 3 rings (SSSR count). The minimum Gasteiger partial charge on any atom is -0.489 e. The normalized spacial score (nSPS) is 13.0. The van der Waals surface area contributed by atoms with Gasteiger partial charge in [-0.05, 0) is 55.8 Å². The average Bonchev–Trinajstić information content (AvgIpc) is 3.00. The number of hydrogen-bond acceptors (Lipinski definition) is 8. The Hall–Kier alpha value is -4.87. The quantitative estimate of drug-likeness (QED) is 0.200. The minimum absolute atomic E-state index is 0.0919. The molecule has 0 radical (unpaired) electrons. The van der Waals surface area contributed by atoms with Gasteiger partial charge in [-0.3, -0.25) is 4.79 Å². The SMILES string of the molecule is CCON=C(C=NOC(C)c1ccccc1C(=NOC)C(=O)NC)c1ccc(OCc2ccc(C(F)(F)F)cc2)cc1. The highest BCUT2D eigenvalue weighted by molar-refractivity contribution is 6.45. The van der Waals surface area contributed by atoms with Gasteiger partial charge in [0.2, 0.25) is 0 Å². The van der Waals surface area contributed by atoms with Gasteiger partial charge in [-0.25, -0.2) is 0 Å². The summed E-state index contributed by atoms with van der Waals surface area (Å²) in [7, 11) is 2.85. The number of oxime groups is 3. The van der Waals surface area contributed by atoms with E-state index in [2.05, 4.69) is 20.8 Å². The lowest BCUT2D eigenvalue weighted by atomic mass is 9.99. The second-order valence-corrected chi connectivity index (χ2v) is 8.67. The maximum atomic E-state index is 12.8. The molecule has 3 aromatic carbocycles. The molecule has 0 bridgehead atoms. The summed E-state index contributed by atoms with van der Waals surface area (Å²) in [6, 6.07) is 18.8. The summed E-state index contributed by atoms with van der Waals surface area (Å²) < 4.78 is 44.0. The minimum atomic E-state index is -4.39. The Kier molecular flexibility index (Phi) is 11.5. The lowest BCUT2D eigenvalue weighted by Crippen LogP contribution is -2.29. The van der Waals surface area contributed by atoms with Crippen molar-refractivity contribution < 1.29 is 37.2 Å². The molecular weight excluding hydrogens is 553 g/mol.